The number of carboxylic acid groups (broad SMARTS) is 1. The van der Waals surface area contributed by atoms with Crippen LogP contribution >= 0.6 is 0 Å². The van der Waals surface area contributed by atoms with Crippen LogP contribution in [-0.4, -0.2) is 63.1 Å². The van der Waals surface area contributed by atoms with Crippen molar-refractivity contribution in [1.82, 2.24) is 20.9 Å². The molecule has 0 aliphatic rings. The summed E-state index contributed by atoms with van der Waals surface area (Å²) in [6.45, 7) is 7.60. The van der Waals surface area contributed by atoms with E-state index in [9.17, 15) is 29.4 Å². The van der Waals surface area contributed by atoms with Gasteiger partial charge in [-0.25, -0.2) is 4.79 Å². The van der Waals surface area contributed by atoms with Crippen LogP contribution < -0.4 is 21.7 Å². The van der Waals surface area contributed by atoms with Gasteiger partial charge in [-0.15, -0.1) is 0 Å². The number of carboxylic acids is 1. The molecule has 0 radical (unpaired) electrons. The Morgan fingerprint density at radius 2 is 1.30 bits per heavy atom. The summed E-state index contributed by atoms with van der Waals surface area (Å²) in [6, 6.07) is 9.69. The SMILES string of the molecule is CC(C)CC(NC(=O)C(N)Cc1ccc(O)cc1)C(=O)NC(CC(C)C)C(=O)NC(Cc1c[nH]c2ccccc12)C(=O)O. The van der Waals surface area contributed by atoms with E-state index < -0.39 is 47.9 Å². The van der Waals surface area contributed by atoms with E-state index in [1.54, 1.807) is 18.3 Å². The highest BCUT2D eigenvalue weighted by Crippen LogP contribution is 2.19. The van der Waals surface area contributed by atoms with E-state index >= 15 is 0 Å². The van der Waals surface area contributed by atoms with Crippen molar-refractivity contribution >= 4 is 34.6 Å². The van der Waals surface area contributed by atoms with Crippen molar-refractivity contribution < 1.29 is 29.4 Å². The molecular weight excluding hydrogens is 550 g/mol. The zero-order valence-corrected chi connectivity index (χ0v) is 25.1. The average molecular weight is 594 g/mol. The fraction of sp³-hybridized carbons (Fsp3) is 0.438. The Morgan fingerprint density at radius 3 is 1.86 bits per heavy atom. The van der Waals surface area contributed by atoms with Crippen LogP contribution in [0.25, 0.3) is 10.9 Å². The number of phenolic OH excluding ortho intramolecular Hbond substituents is 1. The highest BCUT2D eigenvalue weighted by molar-refractivity contribution is 5.94. The van der Waals surface area contributed by atoms with Gasteiger partial charge in [-0.05, 0) is 60.4 Å². The van der Waals surface area contributed by atoms with Crippen LogP contribution in [0.5, 0.6) is 5.75 Å². The van der Waals surface area contributed by atoms with Gasteiger partial charge < -0.3 is 36.9 Å². The number of amides is 3. The number of fused-ring (bicyclic) bond motifs is 1. The second kappa shape index (κ2) is 15.2. The van der Waals surface area contributed by atoms with E-state index in [0.717, 1.165) is 22.0 Å². The summed E-state index contributed by atoms with van der Waals surface area (Å²) in [7, 11) is 0. The standard InChI is InChI=1S/C32H43N5O6/c1-18(2)13-26(35-29(39)24(33)15-20-9-11-22(38)12-10-20)30(40)36-27(14-19(3)4)31(41)37-28(32(42)43)16-21-17-34-25-8-6-5-7-23(21)25/h5-12,17-19,24,26-28,34,38H,13-16,33H2,1-4H3,(H,35,39)(H,36,40)(H,37,41)(H,42,43). The first-order valence-corrected chi connectivity index (χ1v) is 14.6. The number of hydrogen-bond donors (Lipinski definition) is 7. The van der Waals surface area contributed by atoms with E-state index in [1.807, 2.05) is 52.0 Å². The fourth-order valence-electron chi connectivity index (χ4n) is 4.93. The molecule has 1 heterocycles. The van der Waals surface area contributed by atoms with Gasteiger partial charge in [0, 0.05) is 23.5 Å². The van der Waals surface area contributed by atoms with Crippen LogP contribution in [0, 0.1) is 11.8 Å². The Morgan fingerprint density at radius 1 is 0.767 bits per heavy atom. The van der Waals surface area contributed by atoms with Gasteiger partial charge in [0.1, 0.15) is 23.9 Å². The highest BCUT2D eigenvalue weighted by atomic mass is 16.4. The third kappa shape index (κ3) is 9.85. The number of para-hydroxylation sites is 1. The number of benzene rings is 2. The van der Waals surface area contributed by atoms with E-state index in [1.165, 1.54) is 12.1 Å². The van der Waals surface area contributed by atoms with Gasteiger partial charge in [0.25, 0.3) is 0 Å². The number of rotatable bonds is 15. The van der Waals surface area contributed by atoms with Crippen molar-refractivity contribution in [3.63, 3.8) is 0 Å². The first-order valence-electron chi connectivity index (χ1n) is 14.6. The molecule has 3 rings (SSSR count). The summed E-state index contributed by atoms with van der Waals surface area (Å²) >= 11 is 0. The van der Waals surface area contributed by atoms with Crippen molar-refractivity contribution in [1.29, 1.82) is 0 Å². The normalized spacial score (nSPS) is 14.2. The van der Waals surface area contributed by atoms with Crippen LogP contribution in [0.3, 0.4) is 0 Å². The Kier molecular flexibility index (Phi) is 11.7. The third-order valence-electron chi connectivity index (χ3n) is 7.12. The lowest BCUT2D eigenvalue weighted by Crippen LogP contribution is -2.57. The van der Waals surface area contributed by atoms with E-state index in [2.05, 4.69) is 20.9 Å². The Balaban J connectivity index is 1.71. The maximum absolute atomic E-state index is 13.5. The van der Waals surface area contributed by atoms with Crippen molar-refractivity contribution in [2.75, 3.05) is 0 Å². The molecule has 0 bridgehead atoms. The molecule has 11 nitrogen and oxygen atoms in total. The number of aromatic hydroxyl groups is 1. The largest absolute Gasteiger partial charge is 0.508 e. The summed E-state index contributed by atoms with van der Waals surface area (Å²) in [6.07, 6.45) is 2.55. The van der Waals surface area contributed by atoms with Crippen molar-refractivity contribution in [3.8, 4) is 5.75 Å². The van der Waals surface area contributed by atoms with Crippen molar-refractivity contribution in [2.24, 2.45) is 17.6 Å². The molecule has 3 aromatic rings. The lowest BCUT2D eigenvalue weighted by atomic mass is 9.98. The molecule has 43 heavy (non-hydrogen) atoms. The number of nitrogens with two attached hydrogens (primary N) is 1. The number of aromatic amines is 1. The van der Waals surface area contributed by atoms with Crippen LogP contribution in [0.4, 0.5) is 0 Å². The molecule has 0 spiro atoms. The van der Waals surface area contributed by atoms with Crippen molar-refractivity contribution in [3.05, 3.63) is 65.9 Å². The Labute approximate surface area is 251 Å². The smallest absolute Gasteiger partial charge is 0.326 e. The highest BCUT2D eigenvalue weighted by Gasteiger charge is 2.31. The van der Waals surface area contributed by atoms with Crippen LogP contribution in [0.1, 0.15) is 51.7 Å². The van der Waals surface area contributed by atoms with Gasteiger partial charge in [0.05, 0.1) is 6.04 Å². The van der Waals surface area contributed by atoms with Gasteiger partial charge in [-0.1, -0.05) is 58.0 Å². The summed E-state index contributed by atoms with van der Waals surface area (Å²) in [4.78, 5) is 55.1. The predicted octanol–water partition coefficient (Wildman–Crippen LogP) is 2.62. The van der Waals surface area contributed by atoms with Crippen LogP contribution in [0.15, 0.2) is 54.7 Å². The molecule has 2 aromatic carbocycles. The van der Waals surface area contributed by atoms with Crippen LogP contribution in [0.2, 0.25) is 0 Å². The number of nitrogens with one attached hydrogen (secondary N) is 4. The average Bonchev–Trinajstić information content (AvgIpc) is 3.35. The number of aliphatic carboxylic acids is 1. The van der Waals surface area contributed by atoms with Gasteiger partial charge in [-0.3, -0.25) is 14.4 Å². The molecule has 0 aliphatic heterocycles. The molecule has 4 atom stereocenters. The molecule has 4 unspecified atom stereocenters. The summed E-state index contributed by atoms with van der Waals surface area (Å²) in [5.74, 6) is -2.75. The molecule has 0 saturated heterocycles. The molecule has 0 saturated carbocycles. The molecule has 1 aromatic heterocycles. The monoisotopic (exact) mass is 593 g/mol. The molecule has 0 aliphatic carbocycles. The molecule has 3 amide bonds. The topological polar surface area (TPSA) is 187 Å². The lowest BCUT2D eigenvalue weighted by molar-refractivity contribution is -0.142. The van der Waals surface area contributed by atoms with Gasteiger partial charge in [0.2, 0.25) is 17.7 Å². The minimum absolute atomic E-state index is 0.00446. The minimum atomic E-state index is -1.22. The number of carbonyl (C=O) groups excluding carboxylic acids is 3. The Bertz CT molecular complexity index is 1400. The first-order chi connectivity index (χ1) is 20.3. The van der Waals surface area contributed by atoms with Crippen LogP contribution in [-0.2, 0) is 32.0 Å². The zero-order valence-electron chi connectivity index (χ0n) is 25.1. The van der Waals surface area contributed by atoms with Crippen molar-refractivity contribution in [2.45, 2.75) is 77.5 Å². The number of hydrogen-bond acceptors (Lipinski definition) is 6. The molecule has 11 heteroatoms. The summed E-state index contributed by atoms with van der Waals surface area (Å²) in [5.41, 5.74) is 8.48. The number of phenols is 1. The van der Waals surface area contributed by atoms with Gasteiger partial charge >= 0.3 is 5.97 Å². The minimum Gasteiger partial charge on any atom is -0.508 e. The number of carbonyl (C=O) groups is 4. The quantitative estimate of drug-likeness (QED) is 0.141. The first kappa shape index (κ1) is 33.1. The molecule has 0 fully saturated rings. The molecular formula is C32H43N5O6. The fourth-order valence-corrected chi connectivity index (χ4v) is 4.93. The maximum Gasteiger partial charge on any atom is 0.326 e. The maximum atomic E-state index is 13.5. The summed E-state index contributed by atoms with van der Waals surface area (Å²) in [5, 5.41) is 28.4. The lowest BCUT2D eigenvalue weighted by Gasteiger charge is -2.27. The summed E-state index contributed by atoms with van der Waals surface area (Å²) < 4.78 is 0. The zero-order chi connectivity index (χ0) is 31.7. The van der Waals surface area contributed by atoms with E-state index in [-0.39, 0.29) is 36.8 Å². The number of aromatic nitrogens is 1. The van der Waals surface area contributed by atoms with Gasteiger partial charge in [0.15, 0.2) is 0 Å². The third-order valence-corrected chi connectivity index (χ3v) is 7.12. The second-order valence-corrected chi connectivity index (χ2v) is 11.8. The van der Waals surface area contributed by atoms with E-state index in [4.69, 9.17) is 5.73 Å². The predicted molar refractivity (Wildman–Crippen MR) is 164 cm³/mol. The van der Waals surface area contributed by atoms with E-state index in [0.29, 0.717) is 6.42 Å². The second-order valence-electron chi connectivity index (χ2n) is 11.8. The molecule has 232 valence electrons. The number of H-pyrrole nitrogens is 1. The molecule has 8 N–H and O–H groups in total. The Hall–Kier alpha value is -4.38. The van der Waals surface area contributed by atoms with Gasteiger partial charge in [-0.2, -0.15) is 0 Å².